The van der Waals surface area contributed by atoms with Crippen molar-refractivity contribution in [3.8, 4) is 0 Å². The van der Waals surface area contributed by atoms with Crippen molar-refractivity contribution in [2.75, 3.05) is 19.6 Å². The molecule has 1 fully saturated rings. The first-order valence-electron chi connectivity index (χ1n) is 11.4. The molecule has 3 aromatic carbocycles. The Morgan fingerprint density at radius 1 is 0.871 bits per heavy atom. The summed E-state index contributed by atoms with van der Waals surface area (Å²) in [5.74, 6) is 0.428. The van der Waals surface area contributed by atoms with E-state index in [1.165, 1.54) is 16.7 Å². The van der Waals surface area contributed by atoms with Gasteiger partial charge in [0.15, 0.2) is 0 Å². The molecule has 4 rings (SSSR count). The average Bonchev–Trinajstić information content (AvgIpc) is 2.80. The van der Waals surface area contributed by atoms with Crippen LogP contribution in [0.4, 0.5) is 0 Å². The van der Waals surface area contributed by atoms with Crippen LogP contribution in [0.1, 0.15) is 53.9 Å². The normalized spacial score (nSPS) is 17.4. The number of benzene rings is 3. The zero-order chi connectivity index (χ0) is 21.7. The lowest BCUT2D eigenvalue weighted by molar-refractivity contribution is -0.0261. The van der Waals surface area contributed by atoms with E-state index >= 15 is 0 Å². The molecular weight excluding hydrogens is 402 g/mol. The molecule has 1 N–H and O–H groups in total. The highest BCUT2D eigenvalue weighted by atomic mass is 35.5. The molecule has 1 saturated heterocycles. The van der Waals surface area contributed by atoms with Gasteiger partial charge in [0.05, 0.1) is 5.60 Å². The van der Waals surface area contributed by atoms with E-state index in [9.17, 15) is 5.11 Å². The first kappa shape index (κ1) is 22.1. The standard InChI is InChI=1S/C28H32ClNO/c1-22-9-11-24(12-10-22)27(23-6-3-2-4-7-23)8-5-19-30-20-17-28(31,18-21-30)25-13-15-26(29)16-14-25/h2-4,6-7,9-16,27,31H,5,8,17-21H2,1H3. The molecule has 0 aromatic heterocycles. The first-order chi connectivity index (χ1) is 15.0. The average molecular weight is 434 g/mol. The van der Waals surface area contributed by atoms with Crippen LogP contribution in [0.5, 0.6) is 0 Å². The lowest BCUT2D eigenvalue weighted by atomic mass is 9.84. The maximum absolute atomic E-state index is 11.1. The van der Waals surface area contributed by atoms with E-state index in [1.807, 2.05) is 24.3 Å². The second-order valence-corrected chi connectivity index (χ2v) is 9.33. The Bertz CT molecular complexity index is 945. The third kappa shape index (κ3) is 5.57. The van der Waals surface area contributed by atoms with Crippen LogP contribution in [0.2, 0.25) is 5.02 Å². The Labute approximate surface area is 191 Å². The zero-order valence-corrected chi connectivity index (χ0v) is 19.1. The number of aliphatic hydroxyl groups is 1. The summed E-state index contributed by atoms with van der Waals surface area (Å²) < 4.78 is 0. The zero-order valence-electron chi connectivity index (χ0n) is 18.3. The number of nitrogens with zero attached hydrogens (tertiary/aromatic N) is 1. The highest BCUT2D eigenvalue weighted by Crippen LogP contribution is 2.34. The molecule has 162 valence electrons. The summed E-state index contributed by atoms with van der Waals surface area (Å²) in [5.41, 5.74) is 4.35. The molecule has 3 heteroatoms. The maximum atomic E-state index is 11.1. The van der Waals surface area contributed by atoms with Gasteiger partial charge >= 0.3 is 0 Å². The van der Waals surface area contributed by atoms with Crippen molar-refractivity contribution in [3.63, 3.8) is 0 Å². The van der Waals surface area contributed by atoms with Crippen molar-refractivity contribution < 1.29 is 5.11 Å². The third-order valence-corrected chi connectivity index (χ3v) is 6.97. The monoisotopic (exact) mass is 433 g/mol. The Morgan fingerprint density at radius 3 is 2.13 bits per heavy atom. The Morgan fingerprint density at radius 2 is 1.48 bits per heavy atom. The van der Waals surface area contributed by atoms with Gasteiger partial charge in [0.2, 0.25) is 0 Å². The van der Waals surface area contributed by atoms with Crippen LogP contribution in [0.25, 0.3) is 0 Å². The smallest absolute Gasteiger partial charge is 0.0920 e. The van der Waals surface area contributed by atoms with Crippen LogP contribution in [-0.2, 0) is 5.60 Å². The van der Waals surface area contributed by atoms with Crippen molar-refractivity contribution in [2.24, 2.45) is 0 Å². The summed E-state index contributed by atoms with van der Waals surface area (Å²) in [7, 11) is 0. The number of halogens is 1. The number of hydrogen-bond donors (Lipinski definition) is 1. The van der Waals surface area contributed by atoms with Gasteiger partial charge in [-0.15, -0.1) is 0 Å². The minimum atomic E-state index is -0.727. The molecule has 2 nitrogen and oxygen atoms in total. The van der Waals surface area contributed by atoms with Gasteiger partial charge in [-0.2, -0.15) is 0 Å². The molecule has 1 heterocycles. The molecule has 1 unspecified atom stereocenters. The van der Waals surface area contributed by atoms with Gasteiger partial charge in [0, 0.05) is 24.0 Å². The number of hydrogen-bond acceptors (Lipinski definition) is 2. The molecule has 0 spiro atoms. The van der Waals surface area contributed by atoms with E-state index in [0.717, 1.165) is 50.9 Å². The minimum Gasteiger partial charge on any atom is -0.385 e. The van der Waals surface area contributed by atoms with Crippen molar-refractivity contribution in [3.05, 3.63) is 106 Å². The SMILES string of the molecule is Cc1ccc(C(CCCN2CCC(O)(c3ccc(Cl)cc3)CC2)c2ccccc2)cc1. The van der Waals surface area contributed by atoms with Gasteiger partial charge in [0.25, 0.3) is 0 Å². The predicted molar refractivity (Wildman–Crippen MR) is 130 cm³/mol. The van der Waals surface area contributed by atoms with Crippen molar-refractivity contribution in [2.45, 2.75) is 44.1 Å². The number of likely N-dealkylation sites (tertiary alicyclic amines) is 1. The van der Waals surface area contributed by atoms with Crippen LogP contribution in [-0.4, -0.2) is 29.6 Å². The number of piperidine rings is 1. The van der Waals surface area contributed by atoms with E-state index in [0.29, 0.717) is 10.9 Å². The molecular formula is C28H32ClNO. The lowest BCUT2D eigenvalue weighted by Crippen LogP contribution is -2.42. The third-order valence-electron chi connectivity index (χ3n) is 6.71. The molecule has 0 saturated carbocycles. The second kappa shape index (κ2) is 9.99. The molecule has 0 aliphatic carbocycles. The Hall–Kier alpha value is -2.13. The van der Waals surface area contributed by atoms with Gasteiger partial charge in [-0.1, -0.05) is 83.9 Å². The Balaban J connectivity index is 1.34. The van der Waals surface area contributed by atoms with Gasteiger partial charge < -0.3 is 10.0 Å². The quantitative estimate of drug-likeness (QED) is 0.457. The number of aryl methyl sites for hydroxylation is 1. The van der Waals surface area contributed by atoms with Gasteiger partial charge in [-0.3, -0.25) is 0 Å². The van der Waals surface area contributed by atoms with Crippen molar-refractivity contribution in [1.29, 1.82) is 0 Å². The molecule has 0 radical (unpaired) electrons. The largest absolute Gasteiger partial charge is 0.385 e. The lowest BCUT2D eigenvalue weighted by Gasteiger charge is -2.38. The summed E-state index contributed by atoms with van der Waals surface area (Å²) in [6.45, 7) is 5.08. The molecule has 0 amide bonds. The van der Waals surface area contributed by atoms with Gasteiger partial charge in [-0.05, 0) is 68.0 Å². The highest BCUT2D eigenvalue weighted by molar-refractivity contribution is 6.30. The van der Waals surface area contributed by atoms with Crippen LogP contribution in [0.3, 0.4) is 0 Å². The summed E-state index contributed by atoms with van der Waals surface area (Å²) in [6.07, 6.45) is 3.82. The van der Waals surface area contributed by atoms with Crippen LogP contribution in [0, 0.1) is 6.92 Å². The molecule has 3 aromatic rings. The van der Waals surface area contributed by atoms with Crippen molar-refractivity contribution in [1.82, 2.24) is 4.90 Å². The van der Waals surface area contributed by atoms with Crippen LogP contribution in [0.15, 0.2) is 78.9 Å². The molecule has 0 bridgehead atoms. The topological polar surface area (TPSA) is 23.5 Å². The van der Waals surface area contributed by atoms with Crippen LogP contribution < -0.4 is 0 Å². The summed E-state index contributed by atoms with van der Waals surface area (Å²) in [5, 5.41) is 11.8. The van der Waals surface area contributed by atoms with Gasteiger partial charge in [0.1, 0.15) is 0 Å². The van der Waals surface area contributed by atoms with Gasteiger partial charge in [-0.25, -0.2) is 0 Å². The van der Waals surface area contributed by atoms with E-state index in [2.05, 4.69) is 66.4 Å². The summed E-state index contributed by atoms with van der Waals surface area (Å²) in [6, 6.07) is 27.5. The van der Waals surface area contributed by atoms with E-state index in [4.69, 9.17) is 11.6 Å². The van der Waals surface area contributed by atoms with E-state index in [1.54, 1.807) is 0 Å². The van der Waals surface area contributed by atoms with E-state index in [-0.39, 0.29) is 0 Å². The second-order valence-electron chi connectivity index (χ2n) is 8.90. The Kier molecular flexibility index (Phi) is 7.12. The molecule has 31 heavy (non-hydrogen) atoms. The van der Waals surface area contributed by atoms with Crippen LogP contribution >= 0.6 is 11.6 Å². The highest BCUT2D eigenvalue weighted by Gasteiger charge is 2.33. The first-order valence-corrected chi connectivity index (χ1v) is 11.7. The summed E-state index contributed by atoms with van der Waals surface area (Å²) >= 11 is 6.01. The number of rotatable bonds is 7. The fraction of sp³-hybridized carbons (Fsp3) is 0.357. The maximum Gasteiger partial charge on any atom is 0.0920 e. The van der Waals surface area contributed by atoms with Crippen molar-refractivity contribution >= 4 is 11.6 Å². The van der Waals surface area contributed by atoms with E-state index < -0.39 is 5.60 Å². The molecule has 1 aliphatic rings. The fourth-order valence-electron chi connectivity index (χ4n) is 4.72. The summed E-state index contributed by atoms with van der Waals surface area (Å²) in [4.78, 5) is 2.50. The minimum absolute atomic E-state index is 0.428. The molecule has 1 aliphatic heterocycles. The molecule has 1 atom stereocenters. The fourth-order valence-corrected chi connectivity index (χ4v) is 4.85. The predicted octanol–water partition coefficient (Wildman–Crippen LogP) is 6.54.